The summed E-state index contributed by atoms with van der Waals surface area (Å²) in [5.41, 5.74) is 0.729. The van der Waals surface area contributed by atoms with Crippen LogP contribution in [0.1, 0.15) is 24.5 Å². The summed E-state index contributed by atoms with van der Waals surface area (Å²) < 4.78 is 0. The molecule has 0 aliphatic carbocycles. The van der Waals surface area contributed by atoms with E-state index in [4.69, 9.17) is 23.2 Å². The van der Waals surface area contributed by atoms with E-state index in [0.29, 0.717) is 23.0 Å². The van der Waals surface area contributed by atoms with E-state index in [2.05, 4.69) is 5.32 Å². The van der Waals surface area contributed by atoms with Crippen molar-refractivity contribution in [3.63, 3.8) is 0 Å². The number of urea groups is 1. The van der Waals surface area contributed by atoms with Gasteiger partial charge in [-0.3, -0.25) is 9.69 Å². The van der Waals surface area contributed by atoms with Crippen LogP contribution in [-0.2, 0) is 16.9 Å². The molecule has 1 N–H and O–H groups in total. The third kappa shape index (κ3) is 3.81. The average molecular weight is 406 g/mol. The zero-order valence-corrected chi connectivity index (χ0v) is 16.7. The van der Waals surface area contributed by atoms with Crippen LogP contribution < -0.4 is 5.32 Å². The number of rotatable bonds is 6. The lowest BCUT2D eigenvalue weighted by Gasteiger charge is -2.27. The van der Waals surface area contributed by atoms with Gasteiger partial charge in [-0.2, -0.15) is 0 Å². The van der Waals surface area contributed by atoms with Gasteiger partial charge in [-0.15, -0.1) is 0 Å². The monoisotopic (exact) mass is 405 g/mol. The summed E-state index contributed by atoms with van der Waals surface area (Å²) in [6.07, 6.45) is 0.481. The molecule has 0 unspecified atom stereocenters. The summed E-state index contributed by atoms with van der Waals surface area (Å²) in [5.74, 6) is -0.234. The van der Waals surface area contributed by atoms with Crippen molar-refractivity contribution < 1.29 is 9.59 Å². The van der Waals surface area contributed by atoms with Gasteiger partial charge in [0.15, 0.2) is 0 Å². The minimum atomic E-state index is -1.01. The maximum atomic E-state index is 13.1. The Morgan fingerprint density at radius 2 is 1.78 bits per heavy atom. The van der Waals surface area contributed by atoms with Crippen LogP contribution in [0, 0.1) is 0 Å². The second kappa shape index (κ2) is 7.89. The van der Waals surface area contributed by atoms with E-state index in [1.165, 1.54) is 4.90 Å². The first-order valence-corrected chi connectivity index (χ1v) is 9.45. The normalized spacial score (nSPS) is 19.7. The summed E-state index contributed by atoms with van der Waals surface area (Å²) in [7, 11) is 1.84. The molecule has 27 heavy (non-hydrogen) atoms. The number of benzene rings is 2. The van der Waals surface area contributed by atoms with Gasteiger partial charge < -0.3 is 5.32 Å². The van der Waals surface area contributed by atoms with Crippen LogP contribution >= 0.6 is 23.2 Å². The van der Waals surface area contributed by atoms with Crippen LogP contribution in [0.15, 0.2) is 48.5 Å². The van der Waals surface area contributed by atoms with Crippen LogP contribution in [0.5, 0.6) is 0 Å². The van der Waals surface area contributed by atoms with E-state index in [1.807, 2.05) is 55.3 Å². The molecule has 1 heterocycles. The van der Waals surface area contributed by atoms with Gasteiger partial charge in [0, 0.05) is 6.54 Å². The fourth-order valence-corrected chi connectivity index (χ4v) is 3.68. The van der Waals surface area contributed by atoms with Crippen LogP contribution in [0.3, 0.4) is 0 Å². The molecule has 1 fully saturated rings. The van der Waals surface area contributed by atoms with E-state index in [-0.39, 0.29) is 18.6 Å². The predicted molar refractivity (Wildman–Crippen MR) is 107 cm³/mol. The van der Waals surface area contributed by atoms with Crippen molar-refractivity contribution in [2.75, 3.05) is 13.7 Å². The quantitative estimate of drug-likeness (QED) is 0.731. The second-order valence-corrected chi connectivity index (χ2v) is 7.51. The largest absolute Gasteiger partial charge is 0.326 e. The van der Waals surface area contributed by atoms with Gasteiger partial charge in [-0.1, -0.05) is 66.5 Å². The number of imide groups is 1. The number of hydrogen-bond acceptors (Lipinski definition) is 3. The molecule has 1 saturated heterocycles. The highest BCUT2D eigenvalue weighted by atomic mass is 35.5. The SMILES string of the molecule is CC[C@@]1(c2ccccc2)NC(=O)N(CN(C)Cc2ccc(Cl)c(Cl)c2)C1=O. The van der Waals surface area contributed by atoms with Gasteiger partial charge in [0.1, 0.15) is 5.54 Å². The molecule has 0 aromatic heterocycles. The Morgan fingerprint density at radius 1 is 1.07 bits per heavy atom. The lowest BCUT2D eigenvalue weighted by Crippen LogP contribution is -2.44. The molecule has 3 rings (SSSR count). The molecular formula is C20H21Cl2N3O2. The summed E-state index contributed by atoms with van der Waals surface area (Å²) in [4.78, 5) is 28.8. The van der Waals surface area contributed by atoms with Crippen molar-refractivity contribution >= 4 is 35.1 Å². The zero-order chi connectivity index (χ0) is 19.6. The van der Waals surface area contributed by atoms with Crippen molar-refractivity contribution in [3.05, 3.63) is 69.7 Å². The number of carbonyl (C=O) groups excluding carboxylic acids is 2. The maximum absolute atomic E-state index is 13.1. The van der Waals surface area contributed by atoms with Gasteiger partial charge in [-0.05, 0) is 36.7 Å². The second-order valence-electron chi connectivity index (χ2n) is 6.69. The Labute approximate surface area is 168 Å². The highest BCUT2D eigenvalue weighted by Gasteiger charge is 2.51. The highest BCUT2D eigenvalue weighted by molar-refractivity contribution is 6.42. The molecule has 7 heteroatoms. The van der Waals surface area contributed by atoms with E-state index in [0.717, 1.165) is 11.1 Å². The molecule has 0 radical (unpaired) electrons. The van der Waals surface area contributed by atoms with Crippen LogP contribution in [0.4, 0.5) is 4.79 Å². The Kier molecular flexibility index (Phi) is 5.75. The van der Waals surface area contributed by atoms with Gasteiger partial charge in [0.05, 0.1) is 16.7 Å². The highest BCUT2D eigenvalue weighted by Crippen LogP contribution is 2.32. The molecule has 2 aromatic rings. The van der Waals surface area contributed by atoms with Gasteiger partial charge in [0.25, 0.3) is 5.91 Å². The number of hydrogen-bond donors (Lipinski definition) is 1. The molecule has 0 spiro atoms. The fourth-order valence-electron chi connectivity index (χ4n) is 3.36. The first kappa shape index (κ1) is 19.7. The average Bonchev–Trinajstić information content (AvgIpc) is 2.90. The van der Waals surface area contributed by atoms with Crippen molar-refractivity contribution in [2.45, 2.75) is 25.4 Å². The lowest BCUT2D eigenvalue weighted by molar-refractivity contribution is -0.133. The number of amides is 3. The van der Waals surface area contributed by atoms with Gasteiger partial charge in [-0.25, -0.2) is 9.69 Å². The predicted octanol–water partition coefficient (Wildman–Crippen LogP) is 4.24. The zero-order valence-electron chi connectivity index (χ0n) is 15.2. The molecule has 142 valence electrons. The molecule has 1 atom stereocenters. The summed E-state index contributed by atoms with van der Waals surface area (Å²) >= 11 is 12.0. The maximum Gasteiger partial charge on any atom is 0.326 e. The Morgan fingerprint density at radius 3 is 2.41 bits per heavy atom. The van der Waals surface area contributed by atoms with E-state index >= 15 is 0 Å². The standard InChI is InChI=1S/C20H21Cl2N3O2/c1-3-20(15-7-5-4-6-8-15)18(26)25(19(27)23-20)13-24(2)12-14-9-10-16(21)17(22)11-14/h4-11H,3,12-13H2,1-2H3,(H,23,27)/t20-/m0/s1. The minimum absolute atomic E-state index is 0.180. The summed E-state index contributed by atoms with van der Waals surface area (Å²) in [6, 6.07) is 14.4. The van der Waals surface area contributed by atoms with Crippen LogP contribution in [0.2, 0.25) is 10.0 Å². The third-order valence-electron chi connectivity index (χ3n) is 4.79. The number of halogens is 2. The first-order valence-electron chi connectivity index (χ1n) is 8.69. The van der Waals surface area contributed by atoms with Crippen molar-refractivity contribution in [1.82, 2.24) is 15.1 Å². The summed E-state index contributed by atoms with van der Waals surface area (Å²) in [5, 5.41) is 3.86. The molecule has 5 nitrogen and oxygen atoms in total. The minimum Gasteiger partial charge on any atom is -0.319 e. The van der Waals surface area contributed by atoms with E-state index in [1.54, 1.807) is 12.1 Å². The van der Waals surface area contributed by atoms with Crippen molar-refractivity contribution in [1.29, 1.82) is 0 Å². The van der Waals surface area contributed by atoms with Crippen molar-refractivity contribution in [3.8, 4) is 0 Å². The number of nitrogens with zero attached hydrogens (tertiary/aromatic N) is 2. The molecule has 1 aliphatic rings. The number of nitrogens with one attached hydrogen (secondary N) is 1. The third-order valence-corrected chi connectivity index (χ3v) is 5.53. The van der Waals surface area contributed by atoms with E-state index < -0.39 is 5.54 Å². The van der Waals surface area contributed by atoms with Crippen LogP contribution in [-0.4, -0.2) is 35.5 Å². The Bertz CT molecular complexity index is 860. The van der Waals surface area contributed by atoms with Gasteiger partial charge >= 0.3 is 6.03 Å². The molecule has 1 aliphatic heterocycles. The fraction of sp³-hybridized carbons (Fsp3) is 0.300. The molecule has 2 aromatic carbocycles. The number of carbonyl (C=O) groups is 2. The molecule has 3 amide bonds. The Hall–Kier alpha value is -2.08. The van der Waals surface area contributed by atoms with E-state index in [9.17, 15) is 9.59 Å². The molecular weight excluding hydrogens is 385 g/mol. The van der Waals surface area contributed by atoms with Crippen molar-refractivity contribution in [2.24, 2.45) is 0 Å². The smallest absolute Gasteiger partial charge is 0.319 e. The lowest BCUT2D eigenvalue weighted by atomic mass is 9.87. The van der Waals surface area contributed by atoms with Crippen LogP contribution in [0.25, 0.3) is 0 Å². The topological polar surface area (TPSA) is 52.7 Å². The molecule has 0 bridgehead atoms. The summed E-state index contributed by atoms with van der Waals surface area (Å²) in [6.45, 7) is 2.60. The molecule has 0 saturated carbocycles. The van der Waals surface area contributed by atoms with Gasteiger partial charge in [0.2, 0.25) is 0 Å². The first-order chi connectivity index (χ1) is 12.9. The Balaban J connectivity index is 1.76.